The second kappa shape index (κ2) is 10.0. The van der Waals surface area contributed by atoms with Crippen LogP contribution in [0.4, 0.5) is 0 Å². The Hall–Kier alpha value is -1.94. The minimum atomic E-state index is -0.0777. The number of nitrogens with one attached hydrogen (secondary N) is 1. The molecule has 0 aliphatic carbocycles. The highest BCUT2D eigenvalue weighted by atomic mass is 32.2. The van der Waals surface area contributed by atoms with Crippen LogP contribution in [0.25, 0.3) is 0 Å². The quantitative estimate of drug-likeness (QED) is 0.700. The zero-order valence-corrected chi connectivity index (χ0v) is 15.2. The maximum atomic E-state index is 11.8. The number of aryl methyl sites for hydroxylation is 2. The predicted octanol–water partition coefficient (Wildman–Crippen LogP) is 3.99. The molecule has 2 rings (SSSR count). The zero-order valence-electron chi connectivity index (χ0n) is 14.4. The van der Waals surface area contributed by atoms with Crippen molar-refractivity contribution in [2.45, 2.75) is 26.0 Å². The molecular weight excluding hydrogens is 318 g/mol. The van der Waals surface area contributed by atoms with Gasteiger partial charge in [0.1, 0.15) is 5.75 Å². The molecule has 24 heavy (non-hydrogen) atoms. The first kappa shape index (κ1) is 18.4. The van der Waals surface area contributed by atoms with E-state index in [-0.39, 0.29) is 12.5 Å². The van der Waals surface area contributed by atoms with Gasteiger partial charge < -0.3 is 10.1 Å². The maximum absolute atomic E-state index is 11.8. The summed E-state index contributed by atoms with van der Waals surface area (Å²) in [4.78, 5) is 11.8. The van der Waals surface area contributed by atoms with E-state index in [0.717, 1.165) is 23.7 Å². The number of amides is 1. The molecule has 0 fully saturated rings. The first-order chi connectivity index (χ1) is 11.7. The molecule has 3 nitrogen and oxygen atoms in total. The third-order valence-corrected chi connectivity index (χ3v) is 4.80. The normalized spacial score (nSPS) is 10.4. The highest BCUT2D eigenvalue weighted by Gasteiger charge is 2.03. The van der Waals surface area contributed by atoms with Gasteiger partial charge in [-0.2, -0.15) is 11.8 Å². The van der Waals surface area contributed by atoms with Gasteiger partial charge in [-0.3, -0.25) is 4.79 Å². The van der Waals surface area contributed by atoms with E-state index in [1.807, 2.05) is 36.0 Å². The van der Waals surface area contributed by atoms with E-state index in [1.54, 1.807) is 0 Å². The molecule has 2 aromatic carbocycles. The van der Waals surface area contributed by atoms with Crippen LogP contribution in [0.15, 0.2) is 48.5 Å². The van der Waals surface area contributed by atoms with Crippen molar-refractivity contribution in [3.63, 3.8) is 0 Å². The number of carbonyl (C=O) groups excluding carboxylic acids is 1. The fourth-order valence-corrected chi connectivity index (χ4v) is 3.17. The van der Waals surface area contributed by atoms with Gasteiger partial charge in [0.2, 0.25) is 0 Å². The molecule has 0 aliphatic rings. The van der Waals surface area contributed by atoms with E-state index in [1.165, 1.54) is 16.7 Å². The molecule has 2 aromatic rings. The van der Waals surface area contributed by atoms with E-state index >= 15 is 0 Å². The smallest absolute Gasteiger partial charge is 0.257 e. The third kappa shape index (κ3) is 6.28. The van der Waals surface area contributed by atoms with E-state index in [9.17, 15) is 4.79 Å². The third-order valence-electron chi connectivity index (χ3n) is 3.79. The molecule has 0 atom stereocenters. The van der Waals surface area contributed by atoms with Crippen LogP contribution in [-0.4, -0.2) is 24.8 Å². The molecule has 0 bridgehead atoms. The number of carbonyl (C=O) groups is 1. The van der Waals surface area contributed by atoms with Gasteiger partial charge in [0, 0.05) is 18.1 Å². The molecule has 0 saturated carbocycles. The van der Waals surface area contributed by atoms with Crippen molar-refractivity contribution in [1.29, 1.82) is 0 Å². The Bertz CT molecular complexity index is 640. The van der Waals surface area contributed by atoms with Crippen LogP contribution in [0.2, 0.25) is 0 Å². The van der Waals surface area contributed by atoms with Gasteiger partial charge in [-0.05, 0) is 42.2 Å². The van der Waals surface area contributed by atoms with Gasteiger partial charge in [-0.15, -0.1) is 0 Å². The SMILES string of the molecule is CCc1ccc(OCC(=O)NCCSCc2ccccc2C)cc1. The highest BCUT2D eigenvalue weighted by molar-refractivity contribution is 7.98. The topological polar surface area (TPSA) is 38.3 Å². The summed E-state index contributed by atoms with van der Waals surface area (Å²) in [7, 11) is 0. The summed E-state index contributed by atoms with van der Waals surface area (Å²) >= 11 is 1.83. The number of hydrogen-bond acceptors (Lipinski definition) is 3. The van der Waals surface area contributed by atoms with Crippen molar-refractivity contribution in [1.82, 2.24) is 5.32 Å². The van der Waals surface area contributed by atoms with E-state index < -0.39 is 0 Å². The number of ether oxygens (including phenoxy) is 1. The Morgan fingerprint density at radius 1 is 1.12 bits per heavy atom. The zero-order chi connectivity index (χ0) is 17.2. The van der Waals surface area contributed by atoms with Gasteiger partial charge in [-0.1, -0.05) is 43.3 Å². The summed E-state index contributed by atoms with van der Waals surface area (Å²) in [5.41, 5.74) is 3.93. The summed E-state index contributed by atoms with van der Waals surface area (Å²) in [5.74, 6) is 2.52. The van der Waals surface area contributed by atoms with Crippen LogP contribution in [-0.2, 0) is 17.0 Å². The van der Waals surface area contributed by atoms with Crippen LogP contribution in [0.1, 0.15) is 23.6 Å². The second-order valence-corrected chi connectivity index (χ2v) is 6.72. The Labute approximate surface area is 148 Å². The number of thioether (sulfide) groups is 1. The van der Waals surface area contributed by atoms with Crippen molar-refractivity contribution in [3.05, 3.63) is 65.2 Å². The molecule has 4 heteroatoms. The molecule has 0 radical (unpaired) electrons. The van der Waals surface area contributed by atoms with Gasteiger partial charge in [0.15, 0.2) is 6.61 Å². The Morgan fingerprint density at radius 3 is 2.58 bits per heavy atom. The van der Waals surface area contributed by atoms with Crippen LogP contribution in [0, 0.1) is 6.92 Å². The van der Waals surface area contributed by atoms with Gasteiger partial charge in [0.05, 0.1) is 0 Å². The van der Waals surface area contributed by atoms with E-state index in [2.05, 4.69) is 43.4 Å². The fourth-order valence-electron chi connectivity index (χ4n) is 2.24. The van der Waals surface area contributed by atoms with Crippen LogP contribution < -0.4 is 10.1 Å². The summed E-state index contributed by atoms with van der Waals surface area (Å²) in [6.07, 6.45) is 1.00. The molecule has 0 unspecified atom stereocenters. The molecule has 0 heterocycles. The van der Waals surface area contributed by atoms with Crippen molar-refractivity contribution in [2.24, 2.45) is 0 Å². The Kier molecular flexibility index (Phi) is 7.69. The molecule has 0 aromatic heterocycles. The monoisotopic (exact) mass is 343 g/mol. The minimum Gasteiger partial charge on any atom is -0.484 e. The van der Waals surface area contributed by atoms with Crippen LogP contribution in [0.5, 0.6) is 5.75 Å². The summed E-state index contributed by atoms with van der Waals surface area (Å²) in [6, 6.07) is 16.3. The molecule has 0 spiro atoms. The molecule has 128 valence electrons. The Morgan fingerprint density at radius 2 is 1.88 bits per heavy atom. The van der Waals surface area contributed by atoms with Crippen LogP contribution >= 0.6 is 11.8 Å². The lowest BCUT2D eigenvalue weighted by molar-refractivity contribution is -0.122. The Balaban J connectivity index is 1.58. The molecular formula is C20H25NO2S. The molecule has 0 aliphatic heterocycles. The summed E-state index contributed by atoms with van der Waals surface area (Å²) < 4.78 is 5.49. The van der Waals surface area contributed by atoms with Gasteiger partial charge in [0.25, 0.3) is 5.91 Å². The highest BCUT2D eigenvalue weighted by Crippen LogP contribution is 2.15. The van der Waals surface area contributed by atoms with E-state index in [4.69, 9.17) is 4.74 Å². The number of hydrogen-bond donors (Lipinski definition) is 1. The summed E-state index contributed by atoms with van der Waals surface area (Å²) in [6.45, 7) is 4.96. The average molecular weight is 343 g/mol. The first-order valence-corrected chi connectivity index (χ1v) is 9.45. The van der Waals surface area contributed by atoms with E-state index in [0.29, 0.717) is 6.54 Å². The lowest BCUT2D eigenvalue weighted by Crippen LogP contribution is -2.30. The number of rotatable bonds is 9. The largest absolute Gasteiger partial charge is 0.484 e. The van der Waals surface area contributed by atoms with Crippen molar-refractivity contribution < 1.29 is 9.53 Å². The number of benzene rings is 2. The van der Waals surface area contributed by atoms with Crippen molar-refractivity contribution in [2.75, 3.05) is 18.9 Å². The summed E-state index contributed by atoms with van der Waals surface area (Å²) in [5, 5.41) is 2.89. The van der Waals surface area contributed by atoms with Crippen LogP contribution in [0.3, 0.4) is 0 Å². The van der Waals surface area contributed by atoms with Crippen molar-refractivity contribution >= 4 is 17.7 Å². The van der Waals surface area contributed by atoms with Crippen molar-refractivity contribution in [3.8, 4) is 5.75 Å². The fraction of sp³-hybridized carbons (Fsp3) is 0.350. The molecule has 1 N–H and O–H groups in total. The molecule has 1 amide bonds. The minimum absolute atomic E-state index is 0.0634. The second-order valence-electron chi connectivity index (χ2n) is 5.62. The first-order valence-electron chi connectivity index (χ1n) is 8.29. The standard InChI is InChI=1S/C20H25NO2S/c1-3-17-8-10-19(11-9-17)23-14-20(22)21-12-13-24-15-18-7-5-4-6-16(18)2/h4-11H,3,12-15H2,1-2H3,(H,21,22). The lowest BCUT2D eigenvalue weighted by Gasteiger charge is -2.08. The average Bonchev–Trinajstić information content (AvgIpc) is 2.61. The maximum Gasteiger partial charge on any atom is 0.257 e. The predicted molar refractivity (Wildman–Crippen MR) is 102 cm³/mol. The van der Waals surface area contributed by atoms with Gasteiger partial charge in [-0.25, -0.2) is 0 Å². The lowest BCUT2D eigenvalue weighted by atomic mass is 10.1. The molecule has 0 saturated heterocycles. The van der Waals surface area contributed by atoms with Gasteiger partial charge >= 0.3 is 0 Å².